The largest absolute Gasteiger partial charge is 0.485 e. The molecule has 8 heteroatoms. The summed E-state index contributed by atoms with van der Waals surface area (Å²) < 4.78 is 59.2. The first kappa shape index (κ1) is 27.6. The molecule has 1 fully saturated rings. The second-order valence-corrected chi connectivity index (χ2v) is 10.4. The van der Waals surface area contributed by atoms with Gasteiger partial charge in [-0.15, -0.1) is 0 Å². The highest BCUT2D eigenvalue weighted by Gasteiger charge is 2.31. The number of halogens is 3. The van der Waals surface area contributed by atoms with Crippen LogP contribution in [0.4, 0.5) is 13.2 Å². The average molecular weight is 572 g/mol. The Morgan fingerprint density at radius 2 is 1.57 bits per heavy atom. The van der Waals surface area contributed by atoms with Crippen molar-refractivity contribution in [2.75, 3.05) is 13.2 Å². The second-order valence-electron chi connectivity index (χ2n) is 10.4. The third-order valence-electron chi connectivity index (χ3n) is 7.74. The van der Waals surface area contributed by atoms with Crippen molar-refractivity contribution in [3.8, 4) is 11.4 Å². The van der Waals surface area contributed by atoms with Crippen molar-refractivity contribution >= 4 is 16.9 Å². The van der Waals surface area contributed by atoms with Gasteiger partial charge in [-0.1, -0.05) is 42.5 Å². The van der Waals surface area contributed by atoms with Crippen molar-refractivity contribution < 1.29 is 32.5 Å². The number of rotatable bonds is 8. The molecule has 2 heterocycles. The number of aromatic nitrogens is 1. The minimum Gasteiger partial charge on any atom is -0.485 e. The van der Waals surface area contributed by atoms with E-state index in [1.54, 1.807) is 28.8 Å². The summed E-state index contributed by atoms with van der Waals surface area (Å²) in [5.41, 5.74) is 3.86. The first-order valence-corrected chi connectivity index (χ1v) is 13.8. The lowest BCUT2D eigenvalue weighted by Gasteiger charge is -2.26. The lowest BCUT2D eigenvalue weighted by molar-refractivity contribution is 0.0697. The molecular formula is C34H28F3NO4. The molecule has 0 bridgehead atoms. The molecule has 0 spiro atoms. The quantitative estimate of drug-likeness (QED) is 0.206. The van der Waals surface area contributed by atoms with Gasteiger partial charge in [-0.3, -0.25) is 0 Å². The minimum absolute atomic E-state index is 0.0612. The third kappa shape index (κ3) is 5.37. The average Bonchev–Trinajstić information content (AvgIpc) is 3.33. The molecule has 0 aliphatic carbocycles. The van der Waals surface area contributed by atoms with E-state index >= 15 is 8.78 Å². The van der Waals surface area contributed by atoms with E-state index in [1.807, 2.05) is 30.3 Å². The van der Waals surface area contributed by atoms with Gasteiger partial charge in [0.15, 0.2) is 17.4 Å². The van der Waals surface area contributed by atoms with Crippen LogP contribution in [0.25, 0.3) is 16.6 Å². The van der Waals surface area contributed by atoms with E-state index in [1.165, 1.54) is 24.3 Å². The van der Waals surface area contributed by atoms with Crippen molar-refractivity contribution in [3.63, 3.8) is 0 Å². The summed E-state index contributed by atoms with van der Waals surface area (Å²) in [4.78, 5) is 11.5. The summed E-state index contributed by atoms with van der Waals surface area (Å²) in [5, 5.41) is 9.68. The second kappa shape index (κ2) is 11.7. The topological polar surface area (TPSA) is 60.7 Å². The molecule has 1 saturated heterocycles. The summed E-state index contributed by atoms with van der Waals surface area (Å²) >= 11 is 0. The normalized spacial score (nSPS) is 13.9. The Morgan fingerprint density at radius 1 is 0.881 bits per heavy atom. The molecule has 6 rings (SSSR count). The molecule has 0 saturated carbocycles. The number of aromatic carboxylic acids is 1. The number of fused-ring (bicyclic) bond motifs is 1. The Labute approximate surface area is 240 Å². The van der Waals surface area contributed by atoms with Crippen LogP contribution in [-0.2, 0) is 17.8 Å². The highest BCUT2D eigenvalue weighted by molar-refractivity contribution is 5.94. The standard InChI is InChI=1S/C34H28F3NO4/c35-25-10-12-26(13-11-25)38-31(23-14-16-41-17-15-23)27(18-21-6-8-24(9-7-21)34(39)40)30-32(38)28(36)19-29(37)33(30)42-20-22-4-2-1-3-5-22/h1-13,19,23H,14-18,20H2,(H,39,40). The van der Waals surface area contributed by atoms with E-state index in [4.69, 9.17) is 9.47 Å². The molecule has 4 aromatic carbocycles. The Bertz CT molecular complexity index is 1730. The molecule has 42 heavy (non-hydrogen) atoms. The lowest BCUT2D eigenvalue weighted by atomic mass is 9.90. The summed E-state index contributed by atoms with van der Waals surface area (Å²) in [6.07, 6.45) is 1.58. The molecule has 214 valence electrons. The van der Waals surface area contributed by atoms with E-state index in [2.05, 4.69) is 0 Å². The lowest BCUT2D eigenvalue weighted by Crippen LogP contribution is -2.18. The molecule has 1 aliphatic heterocycles. The molecule has 5 aromatic rings. The number of ether oxygens (including phenoxy) is 2. The maximum atomic E-state index is 16.0. The summed E-state index contributed by atoms with van der Waals surface area (Å²) in [6.45, 7) is 1.09. The van der Waals surface area contributed by atoms with Crippen LogP contribution >= 0.6 is 0 Å². The smallest absolute Gasteiger partial charge is 0.335 e. The summed E-state index contributed by atoms with van der Waals surface area (Å²) in [6, 6.07) is 22.4. The van der Waals surface area contributed by atoms with Crippen molar-refractivity contribution in [2.24, 2.45) is 0 Å². The number of hydrogen-bond acceptors (Lipinski definition) is 3. The fourth-order valence-electron chi connectivity index (χ4n) is 5.75. The van der Waals surface area contributed by atoms with Crippen molar-refractivity contribution in [1.82, 2.24) is 4.57 Å². The number of benzene rings is 4. The van der Waals surface area contributed by atoms with Gasteiger partial charge < -0.3 is 19.1 Å². The molecule has 1 aliphatic rings. The molecule has 5 nitrogen and oxygen atoms in total. The Morgan fingerprint density at radius 3 is 2.24 bits per heavy atom. The zero-order chi connectivity index (χ0) is 29.2. The van der Waals surface area contributed by atoms with E-state index in [9.17, 15) is 14.3 Å². The van der Waals surface area contributed by atoms with Crippen molar-refractivity contribution in [3.05, 3.63) is 130 Å². The van der Waals surface area contributed by atoms with E-state index in [0.717, 1.165) is 22.9 Å². The SMILES string of the molecule is O=C(O)c1ccc(Cc2c(C3CCOCC3)n(-c3ccc(F)cc3)c3c(F)cc(F)c(OCc4ccccc4)c23)cc1. The van der Waals surface area contributed by atoms with Crippen LogP contribution < -0.4 is 4.74 Å². The fraction of sp³-hybridized carbons (Fsp3) is 0.206. The van der Waals surface area contributed by atoms with Crippen LogP contribution in [0, 0.1) is 17.5 Å². The van der Waals surface area contributed by atoms with Gasteiger partial charge >= 0.3 is 5.97 Å². The number of carbonyl (C=O) groups is 1. The Kier molecular flexibility index (Phi) is 7.71. The number of carboxylic acid groups (broad SMARTS) is 1. The minimum atomic E-state index is -1.04. The van der Waals surface area contributed by atoms with Gasteiger partial charge in [0, 0.05) is 36.6 Å². The monoisotopic (exact) mass is 571 g/mol. The van der Waals surface area contributed by atoms with Gasteiger partial charge in [0.05, 0.1) is 16.5 Å². The van der Waals surface area contributed by atoms with E-state index < -0.39 is 23.4 Å². The molecule has 0 atom stereocenters. The Balaban J connectivity index is 1.62. The van der Waals surface area contributed by atoms with Gasteiger partial charge in [-0.05, 0) is 72.4 Å². The zero-order valence-electron chi connectivity index (χ0n) is 22.7. The zero-order valence-corrected chi connectivity index (χ0v) is 22.7. The number of nitrogens with zero attached hydrogens (tertiary/aromatic N) is 1. The molecule has 1 aromatic heterocycles. The first-order valence-electron chi connectivity index (χ1n) is 13.8. The van der Waals surface area contributed by atoms with E-state index in [-0.39, 0.29) is 35.8 Å². The van der Waals surface area contributed by atoms with Crippen LogP contribution in [0.2, 0.25) is 0 Å². The molecule has 1 N–H and O–H groups in total. The van der Waals surface area contributed by atoms with Crippen molar-refractivity contribution in [1.29, 1.82) is 0 Å². The van der Waals surface area contributed by atoms with Crippen LogP contribution in [-0.4, -0.2) is 28.9 Å². The third-order valence-corrected chi connectivity index (χ3v) is 7.74. The highest BCUT2D eigenvalue weighted by Crippen LogP contribution is 2.45. The Hall–Kier alpha value is -4.56. The predicted octanol–water partition coefficient (Wildman–Crippen LogP) is 7.81. The number of hydrogen-bond donors (Lipinski definition) is 1. The van der Waals surface area contributed by atoms with Gasteiger partial charge in [0.1, 0.15) is 12.4 Å². The van der Waals surface area contributed by atoms with Gasteiger partial charge in [-0.25, -0.2) is 18.0 Å². The predicted molar refractivity (Wildman–Crippen MR) is 153 cm³/mol. The molecule has 0 radical (unpaired) electrons. The van der Waals surface area contributed by atoms with E-state index in [0.29, 0.717) is 42.7 Å². The maximum absolute atomic E-state index is 16.0. The maximum Gasteiger partial charge on any atom is 0.335 e. The van der Waals surface area contributed by atoms with Crippen LogP contribution in [0.5, 0.6) is 5.75 Å². The summed E-state index contributed by atoms with van der Waals surface area (Å²) in [7, 11) is 0. The molecular weight excluding hydrogens is 543 g/mol. The summed E-state index contributed by atoms with van der Waals surface area (Å²) in [5.74, 6) is -3.19. The highest BCUT2D eigenvalue weighted by atomic mass is 19.1. The van der Waals surface area contributed by atoms with Crippen molar-refractivity contribution in [2.45, 2.75) is 31.8 Å². The first-order chi connectivity index (χ1) is 20.4. The molecule has 0 unspecified atom stereocenters. The van der Waals surface area contributed by atoms with Gasteiger partial charge in [0.2, 0.25) is 0 Å². The van der Waals surface area contributed by atoms with Gasteiger partial charge in [-0.2, -0.15) is 0 Å². The van der Waals surface area contributed by atoms with Crippen LogP contribution in [0.1, 0.15) is 51.5 Å². The van der Waals surface area contributed by atoms with Crippen LogP contribution in [0.3, 0.4) is 0 Å². The fourth-order valence-corrected chi connectivity index (χ4v) is 5.75. The number of carboxylic acids is 1. The molecule has 0 amide bonds. The van der Waals surface area contributed by atoms with Gasteiger partial charge in [0.25, 0.3) is 0 Å². The van der Waals surface area contributed by atoms with Crippen LogP contribution in [0.15, 0.2) is 84.9 Å².